The van der Waals surface area contributed by atoms with E-state index in [4.69, 9.17) is 0 Å². The summed E-state index contributed by atoms with van der Waals surface area (Å²) in [6.07, 6.45) is 0. The maximum absolute atomic E-state index is 12.3. The van der Waals surface area contributed by atoms with E-state index in [0.29, 0.717) is 5.56 Å². The van der Waals surface area contributed by atoms with E-state index >= 15 is 0 Å². The average Bonchev–Trinajstić information content (AvgIpc) is 2.53. The summed E-state index contributed by atoms with van der Waals surface area (Å²) in [6, 6.07) is 6.06. The number of hydrogen-bond acceptors (Lipinski definition) is 4. The van der Waals surface area contributed by atoms with Crippen LogP contribution in [0.2, 0.25) is 0 Å². The van der Waals surface area contributed by atoms with Crippen molar-refractivity contribution in [3.8, 4) is 0 Å². The maximum atomic E-state index is 12.3. The van der Waals surface area contributed by atoms with Crippen molar-refractivity contribution in [2.24, 2.45) is 5.41 Å². The van der Waals surface area contributed by atoms with E-state index in [1.165, 1.54) is 12.1 Å². The first-order valence-electron chi connectivity index (χ1n) is 7.03. The molecule has 1 aliphatic rings. The number of carbonyl (C=O) groups excluding carboxylic acids is 2. The molecule has 2 amide bonds. The lowest BCUT2D eigenvalue weighted by Gasteiger charge is -2.18. The van der Waals surface area contributed by atoms with Crippen LogP contribution in [0.15, 0.2) is 24.3 Å². The second kappa shape index (κ2) is 5.39. The molecular formula is C15H20N2O4S. The van der Waals surface area contributed by atoms with Crippen LogP contribution in [0.4, 0.5) is 5.69 Å². The fourth-order valence-corrected chi connectivity index (χ4v) is 4.48. The molecule has 1 aromatic carbocycles. The highest BCUT2D eigenvalue weighted by Crippen LogP contribution is 2.35. The van der Waals surface area contributed by atoms with Crippen LogP contribution >= 0.6 is 0 Å². The Morgan fingerprint density at radius 1 is 1.32 bits per heavy atom. The van der Waals surface area contributed by atoms with Gasteiger partial charge in [0.25, 0.3) is 5.91 Å². The molecule has 0 saturated carbocycles. The van der Waals surface area contributed by atoms with Gasteiger partial charge in [0.05, 0.1) is 16.9 Å². The van der Waals surface area contributed by atoms with E-state index in [1.807, 2.05) is 13.8 Å². The first kappa shape index (κ1) is 16.5. The average molecular weight is 324 g/mol. The van der Waals surface area contributed by atoms with Crippen molar-refractivity contribution >= 4 is 27.5 Å². The van der Waals surface area contributed by atoms with Gasteiger partial charge in [0.15, 0.2) is 0 Å². The third-order valence-corrected chi connectivity index (χ3v) is 5.37. The van der Waals surface area contributed by atoms with E-state index in [1.54, 1.807) is 26.0 Å². The Labute approximate surface area is 130 Å². The van der Waals surface area contributed by atoms with Crippen LogP contribution in [-0.2, 0) is 14.8 Å². The van der Waals surface area contributed by atoms with Crippen molar-refractivity contribution in [1.82, 2.24) is 5.32 Å². The van der Waals surface area contributed by atoms with Gasteiger partial charge in [-0.15, -0.1) is 0 Å². The highest BCUT2D eigenvalue weighted by atomic mass is 32.2. The minimum Gasteiger partial charge on any atom is -0.350 e. The van der Waals surface area contributed by atoms with Crippen molar-refractivity contribution in [3.63, 3.8) is 0 Å². The summed E-state index contributed by atoms with van der Waals surface area (Å²) in [5.41, 5.74) is -0.444. The zero-order chi connectivity index (χ0) is 16.7. The number of amides is 2. The van der Waals surface area contributed by atoms with Crippen molar-refractivity contribution in [1.29, 1.82) is 0 Å². The van der Waals surface area contributed by atoms with Crippen LogP contribution in [0, 0.1) is 5.41 Å². The largest absolute Gasteiger partial charge is 0.350 e. The SMILES string of the molecule is CC(C)NC(=O)c1cccc(N2C(=O)C(C)(C)CS2(=O)=O)c1. The minimum atomic E-state index is -3.71. The van der Waals surface area contributed by atoms with E-state index in [9.17, 15) is 18.0 Å². The molecule has 6 nitrogen and oxygen atoms in total. The number of anilines is 1. The van der Waals surface area contributed by atoms with Gasteiger partial charge in [-0.25, -0.2) is 12.7 Å². The lowest BCUT2D eigenvalue weighted by molar-refractivity contribution is -0.123. The number of rotatable bonds is 3. The molecule has 0 aliphatic carbocycles. The summed E-state index contributed by atoms with van der Waals surface area (Å²) in [4.78, 5) is 24.4. The zero-order valence-electron chi connectivity index (χ0n) is 13.1. The van der Waals surface area contributed by atoms with E-state index in [-0.39, 0.29) is 23.4 Å². The Kier molecular flexibility index (Phi) is 4.04. The number of benzene rings is 1. The number of nitrogens with one attached hydrogen (secondary N) is 1. The Morgan fingerprint density at radius 2 is 1.95 bits per heavy atom. The second-order valence-corrected chi connectivity index (χ2v) is 8.21. The lowest BCUT2D eigenvalue weighted by Crippen LogP contribution is -2.33. The minimum absolute atomic E-state index is 0.0350. The van der Waals surface area contributed by atoms with Gasteiger partial charge in [0.2, 0.25) is 15.9 Å². The first-order valence-corrected chi connectivity index (χ1v) is 8.64. The third-order valence-electron chi connectivity index (χ3n) is 3.35. The predicted molar refractivity (Wildman–Crippen MR) is 84.1 cm³/mol. The summed E-state index contributed by atoms with van der Waals surface area (Å²) in [5, 5.41) is 2.73. The summed E-state index contributed by atoms with van der Waals surface area (Å²) >= 11 is 0. The quantitative estimate of drug-likeness (QED) is 0.914. The van der Waals surface area contributed by atoms with Crippen molar-refractivity contribution in [2.75, 3.05) is 10.1 Å². The van der Waals surface area contributed by atoms with Gasteiger partial charge in [0, 0.05) is 11.6 Å². The number of carbonyl (C=O) groups is 2. The van der Waals surface area contributed by atoms with Crippen LogP contribution in [0.25, 0.3) is 0 Å². The van der Waals surface area contributed by atoms with Crippen LogP contribution < -0.4 is 9.62 Å². The Balaban J connectivity index is 2.42. The van der Waals surface area contributed by atoms with Crippen molar-refractivity contribution in [2.45, 2.75) is 33.7 Å². The molecule has 1 aliphatic heterocycles. The Bertz CT molecular complexity index is 723. The molecule has 1 aromatic rings. The van der Waals surface area contributed by atoms with Crippen molar-refractivity contribution < 1.29 is 18.0 Å². The topological polar surface area (TPSA) is 83.6 Å². The molecule has 22 heavy (non-hydrogen) atoms. The highest BCUT2D eigenvalue weighted by molar-refractivity contribution is 7.94. The summed E-state index contributed by atoms with van der Waals surface area (Å²) in [5.74, 6) is -1.02. The molecule has 1 N–H and O–H groups in total. The predicted octanol–water partition coefficient (Wildman–Crippen LogP) is 1.53. The van der Waals surface area contributed by atoms with Crippen LogP contribution in [0.3, 0.4) is 0 Å². The molecule has 1 heterocycles. The van der Waals surface area contributed by atoms with Gasteiger partial charge in [-0.2, -0.15) is 0 Å². The molecule has 0 spiro atoms. The van der Waals surface area contributed by atoms with Gasteiger partial charge >= 0.3 is 0 Å². The van der Waals surface area contributed by atoms with Gasteiger partial charge in [-0.1, -0.05) is 6.07 Å². The summed E-state index contributed by atoms with van der Waals surface area (Å²) < 4.78 is 25.3. The fourth-order valence-electron chi connectivity index (χ4n) is 2.38. The molecule has 1 saturated heterocycles. The third kappa shape index (κ3) is 2.99. The Hall–Kier alpha value is -1.89. The molecule has 0 aromatic heterocycles. The zero-order valence-corrected chi connectivity index (χ0v) is 13.9. The maximum Gasteiger partial charge on any atom is 0.251 e. The van der Waals surface area contributed by atoms with Crippen molar-refractivity contribution in [3.05, 3.63) is 29.8 Å². The van der Waals surface area contributed by atoms with Crippen LogP contribution in [0.5, 0.6) is 0 Å². The fraction of sp³-hybridized carbons (Fsp3) is 0.467. The molecule has 0 radical (unpaired) electrons. The van der Waals surface area contributed by atoms with Crippen LogP contribution in [-0.4, -0.2) is 32.0 Å². The first-order chi connectivity index (χ1) is 10.0. The van der Waals surface area contributed by atoms with Gasteiger partial charge in [-0.05, 0) is 45.9 Å². The number of sulfonamides is 1. The smallest absolute Gasteiger partial charge is 0.251 e. The number of nitrogens with zero attached hydrogens (tertiary/aromatic N) is 1. The molecule has 0 unspecified atom stereocenters. The summed E-state index contributed by atoms with van der Waals surface area (Å²) in [7, 11) is -3.71. The number of hydrogen-bond donors (Lipinski definition) is 1. The van der Waals surface area contributed by atoms with E-state index in [0.717, 1.165) is 4.31 Å². The monoisotopic (exact) mass is 324 g/mol. The highest BCUT2D eigenvalue weighted by Gasteiger charge is 2.49. The summed E-state index contributed by atoms with van der Waals surface area (Å²) in [6.45, 7) is 6.86. The van der Waals surface area contributed by atoms with Gasteiger partial charge in [0.1, 0.15) is 0 Å². The molecule has 1 fully saturated rings. The second-order valence-electron chi connectivity index (χ2n) is 6.39. The lowest BCUT2D eigenvalue weighted by atomic mass is 9.95. The Morgan fingerprint density at radius 3 is 2.45 bits per heavy atom. The molecule has 7 heteroatoms. The molecule has 0 atom stereocenters. The normalized spacial score (nSPS) is 19.5. The molecular weight excluding hydrogens is 304 g/mol. The van der Waals surface area contributed by atoms with Gasteiger partial charge < -0.3 is 5.32 Å². The molecule has 0 bridgehead atoms. The standard InChI is InChI=1S/C15H20N2O4S/c1-10(2)16-13(18)11-6-5-7-12(8-11)17-14(19)15(3,4)9-22(17,20)21/h5-8,10H,9H2,1-4H3,(H,16,18). The van der Waals surface area contributed by atoms with Crippen LogP contribution in [0.1, 0.15) is 38.1 Å². The molecule has 120 valence electrons. The van der Waals surface area contributed by atoms with Gasteiger partial charge in [-0.3, -0.25) is 9.59 Å². The van der Waals surface area contributed by atoms with E-state index in [2.05, 4.69) is 5.32 Å². The molecule has 2 rings (SSSR count). The van der Waals surface area contributed by atoms with E-state index < -0.39 is 21.3 Å².